The molecule has 6 nitrogen and oxygen atoms in total. The SMILES string of the molecule is COc1cncc(-c2cnc(C3CCOCC3)cc2N)c1N. The van der Waals surface area contributed by atoms with Crippen LogP contribution in [-0.2, 0) is 4.74 Å². The fourth-order valence-electron chi connectivity index (χ4n) is 2.76. The molecule has 116 valence electrons. The molecule has 6 heteroatoms. The van der Waals surface area contributed by atoms with Gasteiger partial charge in [0.05, 0.1) is 19.0 Å². The molecule has 22 heavy (non-hydrogen) atoms. The molecule has 1 saturated heterocycles. The number of pyridine rings is 2. The van der Waals surface area contributed by atoms with Crippen molar-refractivity contribution in [1.82, 2.24) is 9.97 Å². The molecule has 0 aromatic carbocycles. The fourth-order valence-corrected chi connectivity index (χ4v) is 2.76. The van der Waals surface area contributed by atoms with Gasteiger partial charge in [-0.15, -0.1) is 0 Å². The largest absolute Gasteiger partial charge is 0.493 e. The Morgan fingerprint density at radius 1 is 1.14 bits per heavy atom. The Bertz CT molecular complexity index is 669. The summed E-state index contributed by atoms with van der Waals surface area (Å²) in [6, 6.07) is 1.93. The summed E-state index contributed by atoms with van der Waals surface area (Å²) in [6.07, 6.45) is 6.99. The Morgan fingerprint density at radius 2 is 1.91 bits per heavy atom. The molecule has 0 aliphatic carbocycles. The molecule has 2 aromatic heterocycles. The maximum absolute atomic E-state index is 6.23. The van der Waals surface area contributed by atoms with E-state index in [1.807, 2.05) is 6.07 Å². The standard InChI is InChI=1S/C16H20N4O2/c1-21-15-9-19-7-12(16(15)18)11-8-20-14(6-13(11)17)10-2-4-22-5-3-10/h6-10H,2-5H2,1H3,(H2,17,20)(H2,18,19). The van der Waals surface area contributed by atoms with E-state index in [1.165, 1.54) is 0 Å². The first-order valence-electron chi connectivity index (χ1n) is 7.31. The summed E-state index contributed by atoms with van der Waals surface area (Å²) >= 11 is 0. The summed E-state index contributed by atoms with van der Waals surface area (Å²) in [4.78, 5) is 8.72. The van der Waals surface area contributed by atoms with Crippen LogP contribution in [0.25, 0.3) is 11.1 Å². The second kappa shape index (κ2) is 6.19. The molecule has 4 N–H and O–H groups in total. The number of nitrogens with two attached hydrogens (primary N) is 2. The second-order valence-electron chi connectivity index (χ2n) is 5.39. The van der Waals surface area contributed by atoms with E-state index in [-0.39, 0.29) is 0 Å². The second-order valence-corrected chi connectivity index (χ2v) is 5.39. The summed E-state index contributed by atoms with van der Waals surface area (Å²) in [7, 11) is 1.56. The molecular weight excluding hydrogens is 280 g/mol. The fraction of sp³-hybridized carbons (Fsp3) is 0.375. The number of aromatic nitrogens is 2. The summed E-state index contributed by atoms with van der Waals surface area (Å²) < 4.78 is 10.6. The Morgan fingerprint density at radius 3 is 2.59 bits per heavy atom. The number of nitrogen functional groups attached to an aromatic ring is 2. The normalized spacial score (nSPS) is 15.7. The van der Waals surface area contributed by atoms with Gasteiger partial charge in [0.1, 0.15) is 0 Å². The molecule has 1 fully saturated rings. The number of hydrogen-bond donors (Lipinski definition) is 2. The van der Waals surface area contributed by atoms with E-state index in [4.69, 9.17) is 20.9 Å². The maximum Gasteiger partial charge on any atom is 0.160 e. The summed E-state index contributed by atoms with van der Waals surface area (Å²) in [5.41, 5.74) is 16.0. The Hall–Kier alpha value is -2.34. The van der Waals surface area contributed by atoms with Gasteiger partial charge >= 0.3 is 0 Å². The maximum atomic E-state index is 6.23. The van der Waals surface area contributed by atoms with Gasteiger partial charge in [0.15, 0.2) is 5.75 Å². The highest BCUT2D eigenvalue weighted by molar-refractivity contribution is 5.85. The van der Waals surface area contributed by atoms with Crippen LogP contribution >= 0.6 is 0 Å². The molecule has 2 aromatic rings. The van der Waals surface area contributed by atoms with Crippen LogP contribution < -0.4 is 16.2 Å². The predicted molar refractivity (Wildman–Crippen MR) is 85.6 cm³/mol. The zero-order valence-electron chi connectivity index (χ0n) is 12.6. The third-order valence-corrected chi connectivity index (χ3v) is 4.06. The lowest BCUT2D eigenvalue weighted by molar-refractivity contribution is 0.0845. The minimum Gasteiger partial charge on any atom is -0.493 e. The van der Waals surface area contributed by atoms with Gasteiger partial charge in [-0.05, 0) is 18.9 Å². The first-order valence-corrected chi connectivity index (χ1v) is 7.31. The first kappa shape index (κ1) is 14.6. The van der Waals surface area contributed by atoms with Gasteiger partial charge in [-0.2, -0.15) is 0 Å². The highest BCUT2D eigenvalue weighted by atomic mass is 16.5. The summed E-state index contributed by atoms with van der Waals surface area (Å²) in [5, 5.41) is 0. The van der Waals surface area contributed by atoms with E-state index in [1.54, 1.807) is 25.7 Å². The van der Waals surface area contributed by atoms with Crippen LogP contribution in [0.15, 0.2) is 24.7 Å². The molecule has 0 amide bonds. The van der Waals surface area contributed by atoms with Gasteiger partial charge < -0.3 is 20.9 Å². The van der Waals surface area contributed by atoms with Crippen molar-refractivity contribution < 1.29 is 9.47 Å². The Kier molecular flexibility index (Phi) is 4.11. The van der Waals surface area contributed by atoms with E-state index in [9.17, 15) is 0 Å². The van der Waals surface area contributed by atoms with Gasteiger partial charge in [0, 0.05) is 54.0 Å². The third kappa shape index (κ3) is 2.69. The third-order valence-electron chi connectivity index (χ3n) is 4.06. The van der Waals surface area contributed by atoms with Crippen molar-refractivity contribution in [2.75, 3.05) is 31.8 Å². The average molecular weight is 300 g/mol. The number of methoxy groups -OCH3 is 1. The summed E-state index contributed by atoms with van der Waals surface area (Å²) in [5.74, 6) is 0.941. The van der Waals surface area contributed by atoms with Crippen molar-refractivity contribution in [1.29, 1.82) is 0 Å². The molecular formula is C16H20N4O2. The minimum absolute atomic E-state index is 0.408. The average Bonchev–Trinajstić information content (AvgIpc) is 2.56. The lowest BCUT2D eigenvalue weighted by Crippen LogP contribution is -2.15. The quantitative estimate of drug-likeness (QED) is 0.902. The van der Waals surface area contributed by atoms with Crippen molar-refractivity contribution in [2.45, 2.75) is 18.8 Å². The highest BCUT2D eigenvalue weighted by Crippen LogP contribution is 2.36. The zero-order valence-corrected chi connectivity index (χ0v) is 12.6. The monoisotopic (exact) mass is 300 g/mol. The van der Waals surface area contributed by atoms with Crippen molar-refractivity contribution in [2.24, 2.45) is 0 Å². The van der Waals surface area contributed by atoms with Gasteiger partial charge in [0.2, 0.25) is 0 Å². The van der Waals surface area contributed by atoms with Crippen molar-refractivity contribution >= 4 is 11.4 Å². The molecule has 1 aliphatic heterocycles. The smallest absolute Gasteiger partial charge is 0.160 e. The van der Waals surface area contributed by atoms with Gasteiger partial charge in [-0.25, -0.2) is 0 Å². The first-order chi connectivity index (χ1) is 10.7. The molecule has 0 radical (unpaired) electrons. The van der Waals surface area contributed by atoms with E-state index in [0.29, 0.717) is 23.0 Å². The highest BCUT2D eigenvalue weighted by Gasteiger charge is 2.19. The van der Waals surface area contributed by atoms with Crippen LogP contribution in [0.4, 0.5) is 11.4 Å². The van der Waals surface area contributed by atoms with E-state index in [2.05, 4.69) is 9.97 Å². The molecule has 3 heterocycles. The molecule has 0 atom stereocenters. The van der Waals surface area contributed by atoms with Crippen LogP contribution in [0.3, 0.4) is 0 Å². The van der Waals surface area contributed by atoms with Gasteiger partial charge in [0.25, 0.3) is 0 Å². The number of anilines is 2. The predicted octanol–water partition coefficient (Wildman–Crippen LogP) is 2.21. The molecule has 3 rings (SSSR count). The molecule has 0 saturated carbocycles. The summed E-state index contributed by atoms with van der Waals surface area (Å²) in [6.45, 7) is 1.56. The molecule has 0 spiro atoms. The van der Waals surface area contributed by atoms with Crippen LogP contribution in [-0.4, -0.2) is 30.3 Å². The lowest BCUT2D eigenvalue weighted by Gasteiger charge is -2.22. The van der Waals surface area contributed by atoms with Crippen LogP contribution in [0.1, 0.15) is 24.5 Å². The lowest BCUT2D eigenvalue weighted by atomic mass is 9.94. The van der Waals surface area contributed by atoms with E-state index < -0.39 is 0 Å². The molecule has 0 bridgehead atoms. The number of nitrogens with zero attached hydrogens (tertiary/aromatic N) is 2. The van der Waals surface area contributed by atoms with Crippen molar-refractivity contribution in [3.63, 3.8) is 0 Å². The van der Waals surface area contributed by atoms with Crippen LogP contribution in [0.2, 0.25) is 0 Å². The minimum atomic E-state index is 0.408. The van der Waals surface area contributed by atoms with Crippen molar-refractivity contribution in [3.05, 3.63) is 30.4 Å². The zero-order chi connectivity index (χ0) is 15.5. The van der Waals surface area contributed by atoms with Gasteiger partial charge in [-0.3, -0.25) is 9.97 Å². The molecule has 0 unspecified atom stereocenters. The Labute approximate surface area is 129 Å². The van der Waals surface area contributed by atoms with Crippen molar-refractivity contribution in [3.8, 4) is 16.9 Å². The topological polar surface area (TPSA) is 96.3 Å². The molecule has 1 aliphatic rings. The van der Waals surface area contributed by atoms with Crippen LogP contribution in [0.5, 0.6) is 5.75 Å². The number of rotatable bonds is 3. The van der Waals surface area contributed by atoms with E-state index in [0.717, 1.165) is 42.9 Å². The van der Waals surface area contributed by atoms with E-state index >= 15 is 0 Å². The van der Waals surface area contributed by atoms with Gasteiger partial charge in [-0.1, -0.05) is 0 Å². The number of hydrogen-bond acceptors (Lipinski definition) is 6. The van der Waals surface area contributed by atoms with Crippen LogP contribution in [0, 0.1) is 0 Å². The Balaban J connectivity index is 1.95. The number of ether oxygens (including phenoxy) is 2.